The molecule has 3 rings (SSSR count). The van der Waals surface area contributed by atoms with Crippen LogP contribution in [0.4, 0.5) is 16.2 Å². The van der Waals surface area contributed by atoms with Gasteiger partial charge in [0.15, 0.2) is 0 Å². The summed E-state index contributed by atoms with van der Waals surface area (Å²) in [4.78, 5) is 27.9. The Kier molecular flexibility index (Phi) is 5.78. The van der Waals surface area contributed by atoms with Crippen molar-refractivity contribution < 1.29 is 19.1 Å². The Morgan fingerprint density at radius 2 is 2.00 bits per heavy atom. The van der Waals surface area contributed by atoms with E-state index in [-0.39, 0.29) is 24.7 Å². The molecule has 142 valence electrons. The van der Waals surface area contributed by atoms with E-state index >= 15 is 0 Å². The molecule has 1 aromatic carbocycles. The summed E-state index contributed by atoms with van der Waals surface area (Å²) < 4.78 is 10.5. The van der Waals surface area contributed by atoms with Crippen LogP contribution in [-0.4, -0.2) is 51.0 Å². The largest absolute Gasteiger partial charge is 0.443 e. The van der Waals surface area contributed by atoms with E-state index in [1.54, 1.807) is 9.80 Å². The van der Waals surface area contributed by atoms with Crippen molar-refractivity contribution in [3.63, 3.8) is 0 Å². The first-order valence-corrected chi connectivity index (χ1v) is 9.29. The molecule has 2 fully saturated rings. The van der Waals surface area contributed by atoms with E-state index in [0.717, 1.165) is 29.8 Å². The Balaban J connectivity index is 1.99. The summed E-state index contributed by atoms with van der Waals surface area (Å²) in [6.45, 7) is 6.22. The number of rotatable bonds is 6. The third-order valence-corrected chi connectivity index (χ3v) is 5.16. The van der Waals surface area contributed by atoms with E-state index in [2.05, 4.69) is 13.8 Å². The van der Waals surface area contributed by atoms with Gasteiger partial charge in [0.25, 0.3) is 5.91 Å². The number of hydrogen-bond donors (Lipinski definition) is 1. The quantitative estimate of drug-likeness (QED) is 0.840. The summed E-state index contributed by atoms with van der Waals surface area (Å²) in [5.41, 5.74) is 8.44. The van der Waals surface area contributed by atoms with Gasteiger partial charge in [0.1, 0.15) is 12.7 Å². The summed E-state index contributed by atoms with van der Waals surface area (Å²) in [6.07, 6.45) is 1.26. The molecule has 2 aliphatic rings. The van der Waals surface area contributed by atoms with Crippen molar-refractivity contribution in [1.29, 1.82) is 0 Å². The van der Waals surface area contributed by atoms with E-state index in [9.17, 15) is 9.59 Å². The number of benzene rings is 1. The molecule has 2 N–H and O–H groups in total. The minimum Gasteiger partial charge on any atom is -0.443 e. The van der Waals surface area contributed by atoms with Crippen LogP contribution in [0.5, 0.6) is 0 Å². The van der Waals surface area contributed by atoms with Gasteiger partial charge in [-0.25, -0.2) is 4.79 Å². The minimum absolute atomic E-state index is 0.0386. The van der Waals surface area contributed by atoms with Crippen molar-refractivity contribution in [2.45, 2.75) is 38.7 Å². The lowest BCUT2D eigenvalue weighted by atomic mass is 9.91. The zero-order chi connectivity index (χ0) is 18.7. The molecule has 7 nitrogen and oxygen atoms in total. The fourth-order valence-corrected chi connectivity index (χ4v) is 3.64. The third-order valence-electron chi connectivity index (χ3n) is 5.16. The number of ether oxygens (including phenoxy) is 2. The Hall–Kier alpha value is -2.12. The molecular formula is C19H27N3O4. The number of nitrogens with zero attached hydrogens (tertiary/aromatic N) is 2. The van der Waals surface area contributed by atoms with Crippen molar-refractivity contribution in [3.05, 3.63) is 23.8 Å². The molecule has 2 amide bonds. The molecular weight excluding hydrogens is 334 g/mol. The lowest BCUT2D eigenvalue weighted by Crippen LogP contribution is -2.41. The van der Waals surface area contributed by atoms with Gasteiger partial charge in [-0.2, -0.15) is 0 Å². The first kappa shape index (κ1) is 18.7. The number of carbonyl (C=O) groups excluding carboxylic acids is 2. The van der Waals surface area contributed by atoms with Crippen LogP contribution in [0.3, 0.4) is 0 Å². The molecule has 0 radical (unpaired) electrons. The number of hydrogen-bond acceptors (Lipinski definition) is 5. The Bertz CT molecular complexity index is 675. The van der Waals surface area contributed by atoms with Gasteiger partial charge in [0, 0.05) is 18.8 Å². The molecule has 2 aliphatic heterocycles. The van der Waals surface area contributed by atoms with Crippen LogP contribution >= 0.6 is 0 Å². The summed E-state index contributed by atoms with van der Waals surface area (Å²) >= 11 is 0. The van der Waals surface area contributed by atoms with E-state index in [0.29, 0.717) is 32.2 Å². The van der Waals surface area contributed by atoms with E-state index in [4.69, 9.17) is 15.2 Å². The number of anilines is 2. The van der Waals surface area contributed by atoms with Crippen molar-refractivity contribution in [2.75, 3.05) is 42.6 Å². The molecule has 1 unspecified atom stereocenters. The highest BCUT2D eigenvalue weighted by atomic mass is 16.6. The lowest BCUT2D eigenvalue weighted by Gasteiger charge is -2.29. The molecule has 26 heavy (non-hydrogen) atoms. The van der Waals surface area contributed by atoms with Crippen LogP contribution < -0.4 is 15.5 Å². The SMILES string of the molecule is CCC(CC)c1cc(N2CCOCC2=O)ccc1N1CC(CN)OC1=O. The average molecular weight is 361 g/mol. The Labute approximate surface area is 154 Å². The van der Waals surface area contributed by atoms with Gasteiger partial charge in [-0.15, -0.1) is 0 Å². The molecule has 0 saturated carbocycles. The normalized spacial score (nSPS) is 20.8. The molecule has 0 spiro atoms. The van der Waals surface area contributed by atoms with Gasteiger partial charge in [-0.05, 0) is 42.5 Å². The monoisotopic (exact) mass is 361 g/mol. The van der Waals surface area contributed by atoms with Crippen LogP contribution in [0.1, 0.15) is 38.2 Å². The average Bonchev–Trinajstić information content (AvgIpc) is 3.04. The molecule has 0 aromatic heterocycles. The van der Waals surface area contributed by atoms with Crippen LogP contribution in [0, 0.1) is 0 Å². The highest BCUT2D eigenvalue weighted by molar-refractivity contribution is 5.96. The molecule has 0 bridgehead atoms. The van der Waals surface area contributed by atoms with Gasteiger partial charge in [-0.3, -0.25) is 9.69 Å². The number of cyclic esters (lactones) is 1. The fourth-order valence-electron chi connectivity index (χ4n) is 3.64. The van der Waals surface area contributed by atoms with Gasteiger partial charge < -0.3 is 20.1 Å². The van der Waals surface area contributed by atoms with Crippen LogP contribution in [0.25, 0.3) is 0 Å². The van der Waals surface area contributed by atoms with Crippen LogP contribution in [0.2, 0.25) is 0 Å². The highest BCUT2D eigenvalue weighted by Gasteiger charge is 2.34. The standard InChI is InChI=1S/C19H27N3O4/c1-3-13(4-2)16-9-14(21-7-8-25-12-18(21)23)5-6-17(16)22-11-15(10-20)26-19(22)24/h5-6,9,13,15H,3-4,7-8,10-12,20H2,1-2H3. The zero-order valence-electron chi connectivity index (χ0n) is 15.4. The number of carbonyl (C=O) groups is 2. The van der Waals surface area contributed by atoms with Crippen molar-refractivity contribution in [2.24, 2.45) is 5.73 Å². The highest BCUT2D eigenvalue weighted by Crippen LogP contribution is 2.37. The second-order valence-corrected chi connectivity index (χ2v) is 6.71. The van der Waals surface area contributed by atoms with E-state index in [1.807, 2.05) is 18.2 Å². The molecule has 7 heteroatoms. The summed E-state index contributed by atoms with van der Waals surface area (Å²) in [6, 6.07) is 5.86. The molecule has 2 saturated heterocycles. The summed E-state index contributed by atoms with van der Waals surface area (Å²) in [7, 11) is 0. The van der Waals surface area contributed by atoms with Gasteiger partial charge in [0.2, 0.25) is 0 Å². The predicted molar refractivity (Wildman–Crippen MR) is 99.6 cm³/mol. The van der Waals surface area contributed by atoms with Gasteiger partial charge >= 0.3 is 6.09 Å². The number of nitrogens with two attached hydrogens (primary N) is 1. The van der Waals surface area contributed by atoms with E-state index in [1.165, 1.54) is 0 Å². The van der Waals surface area contributed by atoms with Crippen LogP contribution in [-0.2, 0) is 14.3 Å². The second-order valence-electron chi connectivity index (χ2n) is 6.71. The maximum atomic E-state index is 12.3. The Morgan fingerprint density at radius 3 is 2.62 bits per heavy atom. The third kappa shape index (κ3) is 3.54. The van der Waals surface area contributed by atoms with Crippen molar-refractivity contribution in [3.8, 4) is 0 Å². The minimum atomic E-state index is -0.358. The van der Waals surface area contributed by atoms with E-state index < -0.39 is 0 Å². The van der Waals surface area contributed by atoms with Crippen molar-refractivity contribution in [1.82, 2.24) is 0 Å². The Morgan fingerprint density at radius 1 is 1.23 bits per heavy atom. The smallest absolute Gasteiger partial charge is 0.414 e. The number of morpholine rings is 1. The van der Waals surface area contributed by atoms with Gasteiger partial charge in [0.05, 0.1) is 18.8 Å². The summed E-state index contributed by atoms with van der Waals surface area (Å²) in [5, 5.41) is 0. The van der Waals surface area contributed by atoms with Crippen molar-refractivity contribution >= 4 is 23.4 Å². The first-order chi connectivity index (χ1) is 12.6. The molecule has 1 aromatic rings. The molecule has 2 heterocycles. The maximum absolute atomic E-state index is 12.3. The molecule has 1 atom stereocenters. The van der Waals surface area contributed by atoms with Crippen LogP contribution in [0.15, 0.2) is 18.2 Å². The summed E-state index contributed by atoms with van der Waals surface area (Å²) in [5.74, 6) is 0.258. The zero-order valence-corrected chi connectivity index (χ0v) is 15.4. The maximum Gasteiger partial charge on any atom is 0.414 e. The topological polar surface area (TPSA) is 85.1 Å². The fraction of sp³-hybridized carbons (Fsp3) is 0.579. The second kappa shape index (κ2) is 8.05. The molecule has 0 aliphatic carbocycles. The first-order valence-electron chi connectivity index (χ1n) is 9.29. The lowest BCUT2D eigenvalue weighted by molar-refractivity contribution is -0.125. The predicted octanol–water partition coefficient (Wildman–Crippen LogP) is 2.24. The van der Waals surface area contributed by atoms with Gasteiger partial charge in [-0.1, -0.05) is 13.8 Å². The number of amides is 2.